The average molecular weight is 454 g/mol. The van der Waals surface area contributed by atoms with Crippen LogP contribution < -0.4 is 0 Å². The number of hydrogen-bond acceptors (Lipinski definition) is 5. The molecule has 2 unspecified atom stereocenters. The van der Waals surface area contributed by atoms with Crippen molar-refractivity contribution in [2.45, 2.75) is 76.5 Å². The van der Waals surface area contributed by atoms with Crippen molar-refractivity contribution in [2.75, 3.05) is 13.2 Å². The Balaban J connectivity index is 1.83. The maximum atomic E-state index is 14.5. The minimum absolute atomic E-state index is 0.122. The van der Waals surface area contributed by atoms with E-state index in [4.69, 9.17) is 9.47 Å². The molecule has 1 aliphatic heterocycles. The van der Waals surface area contributed by atoms with E-state index in [1.165, 1.54) is 35.2 Å². The first-order valence-corrected chi connectivity index (χ1v) is 11.1. The van der Waals surface area contributed by atoms with Crippen LogP contribution in [0.3, 0.4) is 0 Å². The van der Waals surface area contributed by atoms with Crippen LogP contribution in [0.15, 0.2) is 42.5 Å². The molecule has 1 aliphatic rings. The number of aliphatic hydroxyl groups excluding tert-OH is 1. The smallest absolute Gasteiger partial charge is 0.410 e. The van der Waals surface area contributed by atoms with Gasteiger partial charge >= 0.3 is 18.0 Å². The molecule has 1 fully saturated rings. The lowest BCUT2D eigenvalue weighted by Gasteiger charge is -2.33. The van der Waals surface area contributed by atoms with E-state index < -0.39 is 24.2 Å². The minimum atomic E-state index is -3.44. The van der Waals surface area contributed by atoms with E-state index in [1.807, 2.05) is 13.8 Å². The second-order valence-electron chi connectivity index (χ2n) is 8.19. The van der Waals surface area contributed by atoms with E-state index in [0.717, 1.165) is 18.9 Å². The number of esters is 1. The number of nitrogens with zero attached hydrogens (tertiary/aromatic N) is 1. The van der Waals surface area contributed by atoms with Gasteiger partial charge in [-0.05, 0) is 26.7 Å². The zero-order valence-corrected chi connectivity index (χ0v) is 18.7. The summed E-state index contributed by atoms with van der Waals surface area (Å²) in [6, 6.07) is 6.73. The van der Waals surface area contributed by atoms with Gasteiger partial charge in [-0.3, -0.25) is 4.79 Å². The monoisotopic (exact) mass is 453 g/mol. The Kier molecular flexibility index (Phi) is 10.1. The molecule has 1 aromatic rings. The van der Waals surface area contributed by atoms with E-state index in [2.05, 4.69) is 0 Å². The standard InChI is InChI=1S/C24H33F2NO5/c1-18(2)32-22(29)12-8-3-4-9-16-27-20(15-17-31-23(27)30)13-14-21(28)24(25,26)19-10-6-5-7-11-19/h5-7,10-11,13-14,18,20-21,28H,3-4,8-9,12,15-17H2,1-2H3. The summed E-state index contributed by atoms with van der Waals surface area (Å²) >= 11 is 0. The van der Waals surface area contributed by atoms with Crippen LogP contribution in [0.2, 0.25) is 0 Å². The molecule has 2 rings (SSSR count). The summed E-state index contributed by atoms with van der Waals surface area (Å²) in [5.41, 5.74) is -0.269. The molecule has 8 heteroatoms. The third kappa shape index (κ3) is 7.89. The van der Waals surface area contributed by atoms with Crippen LogP contribution in [0.4, 0.5) is 13.6 Å². The molecule has 178 valence electrons. The van der Waals surface area contributed by atoms with Crippen LogP contribution >= 0.6 is 0 Å². The lowest BCUT2D eigenvalue weighted by Crippen LogP contribution is -2.45. The van der Waals surface area contributed by atoms with Gasteiger partial charge in [0.2, 0.25) is 0 Å². The van der Waals surface area contributed by atoms with Crippen molar-refractivity contribution in [1.29, 1.82) is 0 Å². The number of alkyl halides is 2. The number of hydrogen-bond donors (Lipinski definition) is 1. The maximum Gasteiger partial charge on any atom is 0.410 e. The van der Waals surface area contributed by atoms with E-state index in [9.17, 15) is 23.5 Å². The molecule has 1 aromatic carbocycles. The lowest BCUT2D eigenvalue weighted by molar-refractivity contribution is -0.147. The first kappa shape index (κ1) is 25.8. The Hall–Kier alpha value is -2.48. The van der Waals surface area contributed by atoms with Crippen LogP contribution in [0.25, 0.3) is 0 Å². The fourth-order valence-corrected chi connectivity index (χ4v) is 3.51. The third-order valence-corrected chi connectivity index (χ3v) is 5.22. The molecule has 1 heterocycles. The molecule has 0 radical (unpaired) electrons. The molecule has 0 aliphatic carbocycles. The van der Waals surface area contributed by atoms with Crippen molar-refractivity contribution in [3.05, 3.63) is 48.0 Å². The normalized spacial score (nSPS) is 18.1. The molecule has 1 saturated heterocycles. The maximum absolute atomic E-state index is 14.5. The molecule has 0 saturated carbocycles. The Morgan fingerprint density at radius 2 is 1.94 bits per heavy atom. The molecule has 0 aromatic heterocycles. The molecular weight excluding hydrogens is 420 g/mol. The van der Waals surface area contributed by atoms with Crippen molar-refractivity contribution in [3.8, 4) is 0 Å². The summed E-state index contributed by atoms with van der Waals surface area (Å²) < 4.78 is 39.2. The van der Waals surface area contributed by atoms with Crippen LogP contribution in [0, 0.1) is 0 Å². The van der Waals surface area contributed by atoms with Crippen LogP contribution in [0.5, 0.6) is 0 Å². The number of carbonyl (C=O) groups excluding carboxylic acids is 2. The van der Waals surface area contributed by atoms with Gasteiger partial charge in [-0.25, -0.2) is 4.79 Å². The Bertz CT molecular complexity index is 754. The lowest BCUT2D eigenvalue weighted by atomic mass is 10.0. The van der Waals surface area contributed by atoms with Gasteiger partial charge in [-0.1, -0.05) is 55.3 Å². The van der Waals surface area contributed by atoms with Gasteiger partial charge in [0.05, 0.1) is 18.8 Å². The topological polar surface area (TPSA) is 76.1 Å². The van der Waals surface area contributed by atoms with Gasteiger partial charge in [-0.15, -0.1) is 0 Å². The Labute approximate surface area is 188 Å². The highest BCUT2D eigenvalue weighted by molar-refractivity contribution is 5.69. The van der Waals surface area contributed by atoms with Crippen molar-refractivity contribution in [2.24, 2.45) is 0 Å². The summed E-state index contributed by atoms with van der Waals surface area (Å²) in [4.78, 5) is 25.2. The summed E-state index contributed by atoms with van der Waals surface area (Å²) in [7, 11) is 0. The molecule has 32 heavy (non-hydrogen) atoms. The molecule has 0 bridgehead atoms. The van der Waals surface area contributed by atoms with E-state index in [1.54, 1.807) is 6.07 Å². The van der Waals surface area contributed by atoms with Gasteiger partial charge in [0.1, 0.15) is 6.10 Å². The predicted octanol–water partition coefficient (Wildman–Crippen LogP) is 4.81. The second-order valence-corrected chi connectivity index (χ2v) is 8.19. The molecule has 1 amide bonds. The van der Waals surface area contributed by atoms with Crippen LogP contribution in [-0.2, 0) is 20.2 Å². The number of unbranched alkanes of at least 4 members (excludes halogenated alkanes) is 3. The number of rotatable bonds is 12. The Morgan fingerprint density at radius 3 is 2.62 bits per heavy atom. The van der Waals surface area contributed by atoms with Gasteiger partial charge in [-0.2, -0.15) is 8.78 Å². The number of aliphatic hydroxyl groups is 1. The zero-order valence-electron chi connectivity index (χ0n) is 18.7. The van der Waals surface area contributed by atoms with Crippen molar-refractivity contribution >= 4 is 12.1 Å². The number of carbonyl (C=O) groups is 2. The number of halogens is 2. The van der Waals surface area contributed by atoms with Crippen molar-refractivity contribution < 1.29 is 33.0 Å². The Morgan fingerprint density at radius 1 is 1.25 bits per heavy atom. The second kappa shape index (κ2) is 12.5. The van der Waals surface area contributed by atoms with Gasteiger partial charge in [0, 0.05) is 24.9 Å². The number of amides is 1. The average Bonchev–Trinajstić information content (AvgIpc) is 2.75. The first-order chi connectivity index (χ1) is 15.2. The summed E-state index contributed by atoms with van der Waals surface area (Å²) in [6.45, 7) is 4.23. The summed E-state index contributed by atoms with van der Waals surface area (Å²) in [6.07, 6.45) is 3.77. The van der Waals surface area contributed by atoms with Gasteiger partial charge in [0.15, 0.2) is 0 Å². The van der Waals surface area contributed by atoms with Crippen LogP contribution in [-0.4, -0.2) is 53.5 Å². The molecule has 2 atom stereocenters. The van der Waals surface area contributed by atoms with Gasteiger partial charge < -0.3 is 19.5 Å². The van der Waals surface area contributed by atoms with E-state index in [-0.39, 0.29) is 24.2 Å². The number of cyclic esters (lactones) is 1. The molecule has 6 nitrogen and oxygen atoms in total. The van der Waals surface area contributed by atoms with E-state index >= 15 is 0 Å². The largest absolute Gasteiger partial charge is 0.463 e. The summed E-state index contributed by atoms with van der Waals surface area (Å²) in [5, 5.41) is 10.1. The van der Waals surface area contributed by atoms with Gasteiger partial charge in [0.25, 0.3) is 0 Å². The first-order valence-electron chi connectivity index (χ1n) is 11.1. The molecule has 0 spiro atoms. The fourth-order valence-electron chi connectivity index (χ4n) is 3.51. The fraction of sp³-hybridized carbons (Fsp3) is 0.583. The zero-order chi connectivity index (χ0) is 23.6. The quantitative estimate of drug-likeness (QED) is 0.279. The minimum Gasteiger partial charge on any atom is -0.463 e. The highest BCUT2D eigenvalue weighted by atomic mass is 19.3. The summed E-state index contributed by atoms with van der Waals surface area (Å²) in [5.74, 6) is -3.65. The number of ether oxygens (including phenoxy) is 2. The predicted molar refractivity (Wildman–Crippen MR) is 116 cm³/mol. The molecular formula is C24H33F2NO5. The molecule has 1 N–H and O–H groups in total. The highest BCUT2D eigenvalue weighted by Crippen LogP contribution is 2.32. The van der Waals surface area contributed by atoms with E-state index in [0.29, 0.717) is 32.2 Å². The van der Waals surface area contributed by atoms with Crippen molar-refractivity contribution in [1.82, 2.24) is 4.90 Å². The SMILES string of the molecule is CC(C)OC(=O)CCCCCCN1C(=O)OCCC1C=CC(O)C(F)(F)c1ccccc1. The van der Waals surface area contributed by atoms with Crippen molar-refractivity contribution in [3.63, 3.8) is 0 Å². The highest BCUT2D eigenvalue weighted by Gasteiger charge is 2.39. The number of benzene rings is 1. The third-order valence-electron chi connectivity index (χ3n) is 5.22. The van der Waals surface area contributed by atoms with Crippen LogP contribution in [0.1, 0.15) is 57.9 Å².